The number of hydrogen-bond acceptors (Lipinski definition) is 1. The van der Waals surface area contributed by atoms with Gasteiger partial charge in [0, 0.05) is 17.5 Å². The van der Waals surface area contributed by atoms with E-state index >= 15 is 0 Å². The van der Waals surface area contributed by atoms with Crippen molar-refractivity contribution in [1.29, 1.82) is 0 Å². The average molecular weight is 301 g/mol. The molecule has 0 heterocycles. The summed E-state index contributed by atoms with van der Waals surface area (Å²) in [6, 6.07) is 11.1. The molecule has 2 saturated carbocycles. The van der Waals surface area contributed by atoms with Gasteiger partial charge in [0.05, 0.1) is 6.04 Å². The highest BCUT2D eigenvalue weighted by molar-refractivity contribution is 5.82. The van der Waals surface area contributed by atoms with Crippen molar-refractivity contribution >= 4 is 5.91 Å². The maximum atomic E-state index is 12.7. The maximum Gasteiger partial charge on any atom is 0.283 e. The van der Waals surface area contributed by atoms with Crippen LogP contribution in [0, 0.1) is 11.8 Å². The Morgan fingerprint density at radius 3 is 2.55 bits per heavy atom. The molecular weight excluding hydrogens is 272 g/mol. The van der Waals surface area contributed by atoms with E-state index in [1.54, 1.807) is 0 Å². The van der Waals surface area contributed by atoms with Crippen LogP contribution in [0.2, 0.25) is 0 Å². The molecule has 0 unspecified atom stereocenters. The van der Waals surface area contributed by atoms with E-state index in [-0.39, 0.29) is 11.9 Å². The molecule has 3 heteroatoms. The number of amides is 1. The van der Waals surface area contributed by atoms with Crippen LogP contribution in [0.4, 0.5) is 0 Å². The van der Waals surface area contributed by atoms with Gasteiger partial charge in [0.15, 0.2) is 6.04 Å². The molecule has 120 valence electrons. The number of quaternary nitrogens is 1. The van der Waals surface area contributed by atoms with Crippen LogP contribution in [0.15, 0.2) is 30.3 Å². The highest BCUT2D eigenvalue weighted by Crippen LogP contribution is 2.28. The molecule has 0 aliphatic heterocycles. The van der Waals surface area contributed by atoms with Gasteiger partial charge >= 0.3 is 0 Å². The van der Waals surface area contributed by atoms with Gasteiger partial charge in [-0.25, -0.2) is 0 Å². The predicted octanol–water partition coefficient (Wildman–Crippen LogP) is 2.39. The highest BCUT2D eigenvalue weighted by atomic mass is 16.2. The van der Waals surface area contributed by atoms with Gasteiger partial charge in [0.1, 0.15) is 0 Å². The van der Waals surface area contributed by atoms with Gasteiger partial charge in [0.2, 0.25) is 0 Å². The molecule has 1 amide bonds. The summed E-state index contributed by atoms with van der Waals surface area (Å²) in [5.41, 5.74) is 1.13. The van der Waals surface area contributed by atoms with Crippen LogP contribution in [-0.2, 0) is 4.79 Å². The van der Waals surface area contributed by atoms with Crippen LogP contribution in [-0.4, -0.2) is 18.0 Å². The zero-order valence-electron chi connectivity index (χ0n) is 13.8. The van der Waals surface area contributed by atoms with E-state index in [0.29, 0.717) is 18.0 Å². The Morgan fingerprint density at radius 1 is 1.14 bits per heavy atom. The first-order chi connectivity index (χ1) is 10.6. The van der Waals surface area contributed by atoms with Crippen LogP contribution < -0.4 is 10.6 Å². The number of nitrogens with two attached hydrogens (primary N) is 1. The van der Waals surface area contributed by atoms with Crippen LogP contribution in [0.25, 0.3) is 0 Å². The molecule has 3 N–H and O–H groups in total. The molecule has 0 saturated heterocycles. The first-order valence-electron chi connectivity index (χ1n) is 8.85. The maximum absolute atomic E-state index is 12.7. The molecule has 0 spiro atoms. The summed E-state index contributed by atoms with van der Waals surface area (Å²) in [5.74, 6) is 1.63. The van der Waals surface area contributed by atoms with Crippen molar-refractivity contribution in [3.8, 4) is 0 Å². The Bertz CT molecular complexity index is 497. The van der Waals surface area contributed by atoms with Gasteiger partial charge in [-0.3, -0.25) is 4.79 Å². The molecule has 2 aliphatic carbocycles. The molecule has 1 aromatic rings. The predicted molar refractivity (Wildman–Crippen MR) is 88.2 cm³/mol. The summed E-state index contributed by atoms with van der Waals surface area (Å²) >= 11 is 0. The van der Waals surface area contributed by atoms with Crippen molar-refractivity contribution in [2.75, 3.05) is 0 Å². The minimum Gasteiger partial charge on any atom is -0.348 e. The van der Waals surface area contributed by atoms with Gasteiger partial charge in [0.25, 0.3) is 5.91 Å². The van der Waals surface area contributed by atoms with Crippen molar-refractivity contribution in [3.63, 3.8) is 0 Å². The molecule has 3 rings (SSSR count). The van der Waals surface area contributed by atoms with Crippen LogP contribution in [0.1, 0.15) is 57.6 Å². The standard InChI is InChI=1S/C19H28N2O/c1-13-7-6-10-17(14(13)2)21-18(15-8-4-3-5-9-15)19(22)20-16-11-12-16/h3-5,8-9,13-14,16-18,21H,6-7,10-12H2,1-2H3,(H,20,22)/p+1/t13-,14+,17+,18-/m0/s1. The Balaban J connectivity index is 1.74. The van der Waals surface area contributed by atoms with Crippen molar-refractivity contribution in [1.82, 2.24) is 5.32 Å². The van der Waals surface area contributed by atoms with Crippen LogP contribution in [0.3, 0.4) is 0 Å². The number of nitrogens with one attached hydrogen (secondary N) is 1. The number of benzene rings is 1. The lowest BCUT2D eigenvalue weighted by atomic mass is 9.77. The van der Waals surface area contributed by atoms with Gasteiger partial charge in [-0.1, -0.05) is 44.2 Å². The summed E-state index contributed by atoms with van der Waals surface area (Å²) in [7, 11) is 0. The third-order valence-corrected chi connectivity index (χ3v) is 5.57. The second kappa shape index (κ2) is 6.82. The average Bonchev–Trinajstić information content (AvgIpc) is 3.33. The Kier molecular flexibility index (Phi) is 4.82. The summed E-state index contributed by atoms with van der Waals surface area (Å²) < 4.78 is 0. The zero-order chi connectivity index (χ0) is 15.5. The van der Waals surface area contributed by atoms with Crippen molar-refractivity contribution in [2.45, 2.75) is 64.1 Å². The van der Waals surface area contributed by atoms with E-state index in [1.807, 2.05) is 18.2 Å². The number of rotatable bonds is 5. The summed E-state index contributed by atoms with van der Waals surface area (Å²) in [6.07, 6.45) is 6.13. The van der Waals surface area contributed by atoms with E-state index in [0.717, 1.165) is 24.3 Å². The van der Waals surface area contributed by atoms with Crippen molar-refractivity contribution in [3.05, 3.63) is 35.9 Å². The fourth-order valence-corrected chi connectivity index (χ4v) is 3.67. The van der Waals surface area contributed by atoms with Gasteiger partial charge in [-0.2, -0.15) is 0 Å². The number of carbonyl (C=O) groups is 1. The van der Waals surface area contributed by atoms with Crippen LogP contribution in [0.5, 0.6) is 0 Å². The second-order valence-corrected chi connectivity index (χ2v) is 7.29. The van der Waals surface area contributed by atoms with Gasteiger partial charge in [-0.05, 0) is 38.0 Å². The first-order valence-corrected chi connectivity index (χ1v) is 8.85. The van der Waals surface area contributed by atoms with E-state index in [1.165, 1.54) is 19.3 Å². The SMILES string of the molecule is C[C@@H]1[C@@H](C)CCC[C@H]1[NH2+][C@H](C(=O)NC1CC1)c1ccccc1. The molecule has 0 radical (unpaired) electrons. The molecule has 4 atom stereocenters. The third-order valence-electron chi connectivity index (χ3n) is 5.57. The largest absolute Gasteiger partial charge is 0.348 e. The lowest BCUT2D eigenvalue weighted by Crippen LogP contribution is -2.94. The molecule has 0 bridgehead atoms. The summed E-state index contributed by atoms with van der Waals surface area (Å²) in [6.45, 7) is 4.71. The topological polar surface area (TPSA) is 45.7 Å². The zero-order valence-corrected chi connectivity index (χ0v) is 13.8. The monoisotopic (exact) mass is 301 g/mol. The minimum atomic E-state index is -0.0976. The van der Waals surface area contributed by atoms with Gasteiger partial charge < -0.3 is 10.6 Å². The number of hydrogen-bond donors (Lipinski definition) is 2. The highest BCUT2D eigenvalue weighted by Gasteiger charge is 2.36. The molecule has 0 aromatic heterocycles. The lowest BCUT2D eigenvalue weighted by Gasteiger charge is -2.34. The summed E-state index contributed by atoms with van der Waals surface area (Å²) in [5, 5.41) is 5.54. The summed E-state index contributed by atoms with van der Waals surface area (Å²) in [4.78, 5) is 12.7. The normalized spacial score (nSPS) is 29.8. The van der Waals surface area contributed by atoms with Crippen molar-refractivity contribution < 1.29 is 10.1 Å². The molecule has 1 aromatic carbocycles. The van der Waals surface area contributed by atoms with E-state index in [9.17, 15) is 4.79 Å². The fraction of sp³-hybridized carbons (Fsp3) is 0.632. The smallest absolute Gasteiger partial charge is 0.283 e. The quantitative estimate of drug-likeness (QED) is 0.862. The Labute approximate surface area is 133 Å². The molecule has 2 fully saturated rings. The molecular formula is C19H29N2O+. The Hall–Kier alpha value is -1.35. The number of carbonyl (C=O) groups excluding carboxylic acids is 1. The molecule has 2 aliphatic rings. The van der Waals surface area contributed by atoms with E-state index in [2.05, 4.69) is 36.6 Å². The second-order valence-electron chi connectivity index (χ2n) is 7.29. The van der Waals surface area contributed by atoms with E-state index < -0.39 is 0 Å². The third kappa shape index (κ3) is 3.70. The fourth-order valence-electron chi connectivity index (χ4n) is 3.67. The lowest BCUT2D eigenvalue weighted by molar-refractivity contribution is -0.724. The minimum absolute atomic E-state index is 0.0976. The van der Waals surface area contributed by atoms with Crippen molar-refractivity contribution in [2.24, 2.45) is 11.8 Å². The first kappa shape index (κ1) is 15.5. The molecule has 3 nitrogen and oxygen atoms in total. The van der Waals surface area contributed by atoms with Gasteiger partial charge in [-0.15, -0.1) is 0 Å². The molecule has 22 heavy (non-hydrogen) atoms. The Morgan fingerprint density at radius 2 is 1.86 bits per heavy atom. The van der Waals surface area contributed by atoms with E-state index in [4.69, 9.17) is 0 Å². The van der Waals surface area contributed by atoms with Crippen LogP contribution >= 0.6 is 0 Å².